The highest BCUT2D eigenvalue weighted by Crippen LogP contribution is 2.22. The van der Waals surface area contributed by atoms with Crippen LogP contribution in [0.2, 0.25) is 5.02 Å². The third-order valence-electron chi connectivity index (χ3n) is 3.18. The van der Waals surface area contributed by atoms with Gasteiger partial charge in [0.05, 0.1) is 16.4 Å². The molecule has 1 rings (SSSR count). The number of rotatable bonds is 8. The van der Waals surface area contributed by atoms with Gasteiger partial charge < -0.3 is 10.1 Å². The van der Waals surface area contributed by atoms with Crippen molar-refractivity contribution in [3.63, 3.8) is 0 Å². The molecule has 0 aliphatic rings. The predicted molar refractivity (Wildman–Crippen MR) is 75.7 cm³/mol. The molecule has 0 aliphatic carbocycles. The van der Waals surface area contributed by atoms with Crippen LogP contribution in [0, 0.1) is 6.92 Å². The van der Waals surface area contributed by atoms with Gasteiger partial charge in [0, 0.05) is 25.6 Å². The second-order valence-corrected chi connectivity index (χ2v) is 5.19. The smallest absolute Gasteiger partial charge is 0.372 e. The molecule has 1 atom stereocenters. The average molecular weight is 328 g/mol. The van der Waals surface area contributed by atoms with E-state index in [9.17, 15) is 13.2 Å². The number of aryl methyl sites for hydroxylation is 2. The molecule has 0 spiro atoms. The van der Waals surface area contributed by atoms with Crippen LogP contribution in [0.25, 0.3) is 0 Å². The number of hydrogen-bond donors (Lipinski definition) is 1. The summed E-state index contributed by atoms with van der Waals surface area (Å²) in [6, 6.07) is -0.0165. The minimum Gasteiger partial charge on any atom is -0.372 e. The second-order valence-electron chi connectivity index (χ2n) is 4.81. The highest BCUT2D eigenvalue weighted by atomic mass is 35.5. The second kappa shape index (κ2) is 8.00. The van der Waals surface area contributed by atoms with Crippen LogP contribution >= 0.6 is 11.6 Å². The van der Waals surface area contributed by atoms with Gasteiger partial charge in [-0.15, -0.1) is 0 Å². The van der Waals surface area contributed by atoms with Gasteiger partial charge in [-0.2, -0.15) is 18.3 Å². The fourth-order valence-corrected chi connectivity index (χ4v) is 2.27. The first kappa shape index (κ1) is 18.3. The SMILES string of the molecule is CCn1nc(C)c(Cl)c1CC(CCOCC(F)(F)F)NC. The van der Waals surface area contributed by atoms with Crippen molar-refractivity contribution in [3.05, 3.63) is 16.4 Å². The Morgan fingerprint density at radius 2 is 2.10 bits per heavy atom. The molecule has 0 saturated heterocycles. The Kier molecular flexibility index (Phi) is 6.96. The molecule has 0 saturated carbocycles. The van der Waals surface area contributed by atoms with Crippen LogP contribution in [0.4, 0.5) is 13.2 Å². The lowest BCUT2D eigenvalue weighted by Crippen LogP contribution is -2.30. The number of alkyl halides is 3. The van der Waals surface area contributed by atoms with Crippen molar-refractivity contribution < 1.29 is 17.9 Å². The number of aromatic nitrogens is 2. The van der Waals surface area contributed by atoms with E-state index in [0.29, 0.717) is 24.4 Å². The summed E-state index contributed by atoms with van der Waals surface area (Å²) < 4.78 is 42.4. The Labute approximate surface area is 127 Å². The van der Waals surface area contributed by atoms with Crippen LogP contribution in [0.1, 0.15) is 24.7 Å². The molecule has 4 nitrogen and oxygen atoms in total. The lowest BCUT2D eigenvalue weighted by molar-refractivity contribution is -0.174. The monoisotopic (exact) mass is 327 g/mol. The molecule has 1 aromatic rings. The van der Waals surface area contributed by atoms with E-state index in [1.165, 1.54) is 0 Å². The van der Waals surface area contributed by atoms with Gasteiger partial charge in [-0.3, -0.25) is 4.68 Å². The van der Waals surface area contributed by atoms with Gasteiger partial charge in [0.2, 0.25) is 0 Å². The molecule has 0 amide bonds. The highest BCUT2D eigenvalue weighted by molar-refractivity contribution is 6.31. The molecule has 1 N–H and O–H groups in total. The largest absolute Gasteiger partial charge is 0.411 e. The minimum absolute atomic E-state index is 0.0165. The van der Waals surface area contributed by atoms with E-state index in [-0.39, 0.29) is 12.6 Å². The van der Waals surface area contributed by atoms with Crippen molar-refractivity contribution in [1.29, 1.82) is 0 Å². The molecule has 1 aromatic heterocycles. The third-order valence-corrected chi connectivity index (χ3v) is 3.67. The standard InChI is InChI=1S/C13H21ClF3N3O/c1-4-20-11(12(14)9(2)19-20)7-10(18-3)5-6-21-8-13(15,16)17/h10,18H,4-8H2,1-3H3. The molecule has 0 bridgehead atoms. The Hall–Kier alpha value is -0.790. The topological polar surface area (TPSA) is 39.1 Å². The predicted octanol–water partition coefficient (Wildman–Crippen LogP) is 2.96. The van der Waals surface area contributed by atoms with E-state index in [1.54, 1.807) is 7.05 Å². The number of halogens is 4. The summed E-state index contributed by atoms with van der Waals surface area (Å²) in [6.45, 7) is 3.33. The number of ether oxygens (including phenoxy) is 1. The summed E-state index contributed by atoms with van der Waals surface area (Å²) in [4.78, 5) is 0. The van der Waals surface area contributed by atoms with Crippen LogP contribution in [0.3, 0.4) is 0 Å². The molecule has 0 aromatic carbocycles. The van der Waals surface area contributed by atoms with Crippen LogP contribution < -0.4 is 5.32 Å². The van der Waals surface area contributed by atoms with E-state index in [4.69, 9.17) is 11.6 Å². The molecule has 0 fully saturated rings. The molecule has 0 radical (unpaired) electrons. The summed E-state index contributed by atoms with van der Waals surface area (Å²) in [5.74, 6) is 0. The fourth-order valence-electron chi connectivity index (χ4n) is 2.06. The third kappa shape index (κ3) is 5.84. The maximum absolute atomic E-state index is 12.0. The molecule has 1 heterocycles. The van der Waals surface area contributed by atoms with Crippen molar-refractivity contribution in [3.8, 4) is 0 Å². The van der Waals surface area contributed by atoms with Gasteiger partial charge in [-0.1, -0.05) is 11.6 Å². The maximum Gasteiger partial charge on any atom is 0.411 e. The van der Waals surface area contributed by atoms with Crippen molar-refractivity contribution >= 4 is 11.6 Å². The average Bonchev–Trinajstić information content (AvgIpc) is 2.68. The van der Waals surface area contributed by atoms with Crippen LogP contribution in [0.5, 0.6) is 0 Å². The lowest BCUT2D eigenvalue weighted by atomic mass is 10.1. The Bertz CT molecular complexity index is 449. The summed E-state index contributed by atoms with van der Waals surface area (Å²) in [5, 5.41) is 8.02. The number of hydrogen-bond acceptors (Lipinski definition) is 3. The first-order valence-corrected chi connectivity index (χ1v) is 7.19. The van der Waals surface area contributed by atoms with E-state index in [0.717, 1.165) is 11.4 Å². The van der Waals surface area contributed by atoms with Gasteiger partial charge in [0.1, 0.15) is 6.61 Å². The van der Waals surface area contributed by atoms with Gasteiger partial charge in [-0.05, 0) is 27.3 Å². The van der Waals surface area contributed by atoms with E-state index in [2.05, 4.69) is 15.2 Å². The van der Waals surface area contributed by atoms with Gasteiger partial charge in [0.25, 0.3) is 0 Å². The quantitative estimate of drug-likeness (QED) is 0.746. The summed E-state index contributed by atoms with van der Waals surface area (Å²) in [7, 11) is 1.77. The lowest BCUT2D eigenvalue weighted by Gasteiger charge is -2.17. The number of nitrogens with one attached hydrogen (secondary N) is 1. The van der Waals surface area contributed by atoms with Crippen molar-refractivity contribution in [1.82, 2.24) is 15.1 Å². The minimum atomic E-state index is -4.28. The molecule has 0 aliphatic heterocycles. The first-order chi connectivity index (χ1) is 9.78. The Balaban J connectivity index is 2.54. The summed E-state index contributed by atoms with van der Waals surface area (Å²) in [6.07, 6.45) is -3.22. The molecular formula is C13H21ClF3N3O. The Morgan fingerprint density at radius 3 is 2.62 bits per heavy atom. The zero-order chi connectivity index (χ0) is 16.0. The highest BCUT2D eigenvalue weighted by Gasteiger charge is 2.27. The van der Waals surface area contributed by atoms with Crippen molar-refractivity contribution in [2.24, 2.45) is 0 Å². The van der Waals surface area contributed by atoms with Crippen molar-refractivity contribution in [2.75, 3.05) is 20.3 Å². The number of likely N-dealkylation sites (N-methyl/N-ethyl adjacent to an activating group) is 1. The van der Waals surface area contributed by atoms with E-state index >= 15 is 0 Å². The summed E-state index contributed by atoms with van der Waals surface area (Å²) >= 11 is 6.22. The Morgan fingerprint density at radius 1 is 1.43 bits per heavy atom. The molecule has 21 heavy (non-hydrogen) atoms. The van der Waals surface area contributed by atoms with Gasteiger partial charge >= 0.3 is 6.18 Å². The first-order valence-electron chi connectivity index (χ1n) is 6.82. The zero-order valence-corrected chi connectivity index (χ0v) is 13.2. The summed E-state index contributed by atoms with van der Waals surface area (Å²) in [5.41, 5.74) is 1.66. The van der Waals surface area contributed by atoms with Crippen LogP contribution in [0.15, 0.2) is 0 Å². The van der Waals surface area contributed by atoms with Gasteiger partial charge in [-0.25, -0.2) is 0 Å². The fraction of sp³-hybridized carbons (Fsp3) is 0.769. The normalized spacial score (nSPS) is 13.7. The van der Waals surface area contributed by atoms with E-state index < -0.39 is 12.8 Å². The van der Waals surface area contributed by atoms with Crippen molar-refractivity contribution in [2.45, 2.75) is 45.5 Å². The van der Waals surface area contributed by atoms with E-state index in [1.807, 2.05) is 18.5 Å². The molecule has 1 unspecified atom stereocenters. The molecule has 122 valence electrons. The maximum atomic E-state index is 12.0. The number of nitrogens with zero attached hydrogens (tertiary/aromatic N) is 2. The van der Waals surface area contributed by atoms with Gasteiger partial charge in [0.15, 0.2) is 0 Å². The molecular weight excluding hydrogens is 307 g/mol. The zero-order valence-electron chi connectivity index (χ0n) is 12.4. The van der Waals surface area contributed by atoms with Crippen LogP contribution in [-0.4, -0.2) is 42.3 Å². The molecule has 8 heteroatoms. The van der Waals surface area contributed by atoms with Crippen LogP contribution in [-0.2, 0) is 17.7 Å².